The average molecular weight is 310 g/mol. The highest BCUT2D eigenvalue weighted by atomic mass is 35.5. The first kappa shape index (κ1) is 15.2. The van der Waals surface area contributed by atoms with Gasteiger partial charge in [-0.25, -0.2) is 0 Å². The van der Waals surface area contributed by atoms with Crippen LogP contribution >= 0.6 is 23.2 Å². The van der Waals surface area contributed by atoms with E-state index in [2.05, 4.69) is 5.32 Å². The molecule has 2 nitrogen and oxygen atoms in total. The van der Waals surface area contributed by atoms with Crippen LogP contribution in [0.2, 0.25) is 10.0 Å². The fourth-order valence-electron chi connectivity index (χ4n) is 2.00. The molecule has 2 N–H and O–H groups in total. The lowest BCUT2D eigenvalue weighted by molar-refractivity contribution is 0.224. The summed E-state index contributed by atoms with van der Waals surface area (Å²) >= 11 is 12.0. The van der Waals surface area contributed by atoms with Gasteiger partial charge in [-0.3, -0.25) is 0 Å². The fraction of sp³-hybridized carbons (Fsp3) is 0.250. The summed E-state index contributed by atoms with van der Waals surface area (Å²) in [5.74, 6) is 0. The zero-order valence-electron chi connectivity index (χ0n) is 11.5. The summed E-state index contributed by atoms with van der Waals surface area (Å²) in [6.07, 6.45) is 0. The van der Waals surface area contributed by atoms with E-state index in [4.69, 9.17) is 23.2 Å². The van der Waals surface area contributed by atoms with Gasteiger partial charge in [-0.05, 0) is 43.7 Å². The molecule has 4 heteroatoms. The van der Waals surface area contributed by atoms with Crippen molar-refractivity contribution in [2.45, 2.75) is 19.4 Å². The Balaban J connectivity index is 2.32. The largest absolute Gasteiger partial charge is 0.394 e. The molecular formula is C16H17Cl2NO. The Labute approximate surface area is 129 Å². The molecule has 0 bridgehead atoms. The summed E-state index contributed by atoms with van der Waals surface area (Å²) in [5.41, 5.74) is 2.40. The van der Waals surface area contributed by atoms with Crippen LogP contribution in [0.4, 0.5) is 5.69 Å². The summed E-state index contributed by atoms with van der Waals surface area (Å²) < 4.78 is 0. The van der Waals surface area contributed by atoms with E-state index in [1.165, 1.54) is 5.56 Å². The van der Waals surface area contributed by atoms with Crippen LogP contribution in [0.1, 0.15) is 18.1 Å². The number of hydrogen-bond acceptors (Lipinski definition) is 2. The first-order valence-corrected chi connectivity index (χ1v) is 7.11. The molecule has 0 aromatic heterocycles. The van der Waals surface area contributed by atoms with Gasteiger partial charge >= 0.3 is 0 Å². The van der Waals surface area contributed by atoms with Crippen LogP contribution in [-0.4, -0.2) is 11.7 Å². The first-order chi connectivity index (χ1) is 9.44. The van der Waals surface area contributed by atoms with E-state index in [-0.39, 0.29) is 6.61 Å². The van der Waals surface area contributed by atoms with E-state index in [0.717, 1.165) is 11.3 Å². The molecule has 0 spiro atoms. The molecule has 0 aliphatic carbocycles. The van der Waals surface area contributed by atoms with Crippen LogP contribution in [-0.2, 0) is 5.54 Å². The van der Waals surface area contributed by atoms with Gasteiger partial charge in [0, 0.05) is 5.69 Å². The maximum absolute atomic E-state index is 9.78. The molecular weight excluding hydrogens is 293 g/mol. The van der Waals surface area contributed by atoms with Gasteiger partial charge in [-0.15, -0.1) is 0 Å². The molecule has 0 saturated carbocycles. The molecule has 0 radical (unpaired) electrons. The number of aryl methyl sites for hydroxylation is 1. The molecule has 0 heterocycles. The highest BCUT2D eigenvalue weighted by Gasteiger charge is 2.26. The smallest absolute Gasteiger partial charge is 0.0828 e. The van der Waals surface area contributed by atoms with Gasteiger partial charge in [0.2, 0.25) is 0 Å². The summed E-state index contributed by atoms with van der Waals surface area (Å²) in [6, 6.07) is 13.4. The molecule has 1 atom stereocenters. The molecule has 20 heavy (non-hydrogen) atoms. The third-order valence-electron chi connectivity index (χ3n) is 3.34. The first-order valence-electron chi connectivity index (χ1n) is 6.36. The summed E-state index contributed by atoms with van der Waals surface area (Å²) in [7, 11) is 0. The van der Waals surface area contributed by atoms with Gasteiger partial charge in [0.25, 0.3) is 0 Å². The summed E-state index contributed by atoms with van der Waals surface area (Å²) in [4.78, 5) is 0. The van der Waals surface area contributed by atoms with Crippen LogP contribution in [0.25, 0.3) is 0 Å². The van der Waals surface area contributed by atoms with E-state index in [1.54, 1.807) is 12.1 Å². The second kappa shape index (κ2) is 6.04. The maximum atomic E-state index is 9.78. The number of aliphatic hydroxyl groups excluding tert-OH is 1. The van der Waals surface area contributed by atoms with Crippen LogP contribution in [0.3, 0.4) is 0 Å². The van der Waals surface area contributed by atoms with Crippen LogP contribution in [0.15, 0.2) is 42.5 Å². The third-order valence-corrected chi connectivity index (χ3v) is 4.08. The number of nitrogens with one attached hydrogen (secondary N) is 1. The van der Waals surface area contributed by atoms with Crippen molar-refractivity contribution >= 4 is 28.9 Å². The van der Waals surface area contributed by atoms with Crippen molar-refractivity contribution in [1.82, 2.24) is 0 Å². The number of hydrogen-bond donors (Lipinski definition) is 2. The highest BCUT2D eigenvalue weighted by Crippen LogP contribution is 2.31. The predicted octanol–water partition coefficient (Wildman–Crippen LogP) is 4.62. The van der Waals surface area contributed by atoms with Crippen LogP contribution in [0, 0.1) is 6.92 Å². The number of rotatable bonds is 4. The lowest BCUT2D eigenvalue weighted by Crippen LogP contribution is -2.35. The van der Waals surface area contributed by atoms with Gasteiger partial charge in [0.15, 0.2) is 0 Å². The number of anilines is 1. The molecule has 2 aromatic carbocycles. The zero-order chi connectivity index (χ0) is 14.8. The lowest BCUT2D eigenvalue weighted by atomic mass is 9.92. The Kier molecular flexibility index (Phi) is 4.59. The van der Waals surface area contributed by atoms with Gasteiger partial charge in [-0.2, -0.15) is 0 Å². The van der Waals surface area contributed by atoms with Gasteiger partial charge in [0.1, 0.15) is 0 Å². The standard InChI is InChI=1S/C16H17Cl2NO/c1-11-3-6-13(7-4-11)19-16(2,10-20)12-5-8-14(17)15(18)9-12/h3-9,19-20H,10H2,1-2H3. The SMILES string of the molecule is Cc1ccc(NC(C)(CO)c2ccc(Cl)c(Cl)c2)cc1. The molecule has 0 aliphatic heterocycles. The lowest BCUT2D eigenvalue weighted by Gasteiger charge is -2.31. The van der Waals surface area contributed by atoms with Crippen LogP contribution in [0.5, 0.6) is 0 Å². The third kappa shape index (κ3) is 3.26. The second-order valence-corrected chi connectivity index (χ2v) is 5.92. The molecule has 106 valence electrons. The highest BCUT2D eigenvalue weighted by molar-refractivity contribution is 6.42. The normalized spacial score (nSPS) is 13.8. The minimum Gasteiger partial charge on any atom is -0.394 e. The Hall–Kier alpha value is -1.22. The molecule has 0 fully saturated rings. The van der Waals surface area contributed by atoms with Crippen molar-refractivity contribution in [3.63, 3.8) is 0 Å². The molecule has 1 unspecified atom stereocenters. The van der Waals surface area contributed by atoms with Crippen molar-refractivity contribution in [3.05, 3.63) is 63.6 Å². The molecule has 0 aliphatic rings. The molecule has 0 amide bonds. The fourth-order valence-corrected chi connectivity index (χ4v) is 2.30. The van der Waals surface area contributed by atoms with Gasteiger partial charge < -0.3 is 10.4 Å². The van der Waals surface area contributed by atoms with E-state index >= 15 is 0 Å². The van der Waals surface area contributed by atoms with E-state index in [0.29, 0.717) is 10.0 Å². The maximum Gasteiger partial charge on any atom is 0.0828 e. The van der Waals surface area contributed by atoms with Gasteiger partial charge in [0.05, 0.1) is 22.2 Å². The predicted molar refractivity (Wildman–Crippen MR) is 85.7 cm³/mol. The van der Waals surface area contributed by atoms with Crippen molar-refractivity contribution in [3.8, 4) is 0 Å². The van der Waals surface area contributed by atoms with Crippen molar-refractivity contribution in [2.24, 2.45) is 0 Å². The monoisotopic (exact) mass is 309 g/mol. The Morgan fingerprint density at radius 1 is 1.05 bits per heavy atom. The van der Waals surface area contributed by atoms with E-state index in [9.17, 15) is 5.11 Å². The molecule has 2 rings (SSSR count). The quantitative estimate of drug-likeness (QED) is 0.863. The van der Waals surface area contributed by atoms with E-state index < -0.39 is 5.54 Å². The Morgan fingerprint density at radius 3 is 2.25 bits per heavy atom. The van der Waals surface area contributed by atoms with Crippen molar-refractivity contribution < 1.29 is 5.11 Å². The molecule has 0 saturated heterocycles. The summed E-state index contributed by atoms with van der Waals surface area (Å²) in [6.45, 7) is 3.90. The van der Waals surface area contributed by atoms with Crippen molar-refractivity contribution in [1.29, 1.82) is 0 Å². The van der Waals surface area contributed by atoms with Crippen molar-refractivity contribution in [2.75, 3.05) is 11.9 Å². The minimum absolute atomic E-state index is 0.0567. The second-order valence-electron chi connectivity index (χ2n) is 5.11. The zero-order valence-corrected chi connectivity index (χ0v) is 13.0. The minimum atomic E-state index is -0.622. The summed E-state index contributed by atoms with van der Waals surface area (Å²) in [5, 5.41) is 14.1. The van der Waals surface area contributed by atoms with Gasteiger partial charge in [-0.1, -0.05) is 47.0 Å². The Morgan fingerprint density at radius 2 is 1.70 bits per heavy atom. The average Bonchev–Trinajstić information content (AvgIpc) is 2.44. The number of halogens is 2. The number of aliphatic hydroxyl groups is 1. The topological polar surface area (TPSA) is 32.3 Å². The van der Waals surface area contributed by atoms with E-state index in [1.807, 2.05) is 44.2 Å². The molecule has 2 aromatic rings. The van der Waals surface area contributed by atoms with Crippen LogP contribution < -0.4 is 5.32 Å². The number of benzene rings is 2. The Bertz CT molecular complexity index is 598.